The van der Waals surface area contributed by atoms with E-state index < -0.39 is 17.6 Å². The van der Waals surface area contributed by atoms with Crippen molar-refractivity contribution in [3.05, 3.63) is 53.6 Å². The molecule has 1 unspecified atom stereocenters. The van der Waals surface area contributed by atoms with Gasteiger partial charge in [0.2, 0.25) is 11.8 Å². The standard InChI is InChI=1S/C21H20F2N2O3/c1-28-17-6-4-16(5-7-17)25-12-14(10-19(25)26)21(27)24-8-2-3-13-9-15(22)11-18(23)20(13)24/h4-7,9,11,14H,2-3,8,10,12H2,1H3. The highest BCUT2D eigenvalue weighted by atomic mass is 19.1. The molecule has 0 saturated carbocycles. The molecule has 28 heavy (non-hydrogen) atoms. The molecule has 0 aromatic heterocycles. The van der Waals surface area contributed by atoms with Crippen LogP contribution in [0.1, 0.15) is 18.4 Å². The third-order valence-corrected chi connectivity index (χ3v) is 5.33. The van der Waals surface area contributed by atoms with Crippen LogP contribution in [-0.4, -0.2) is 32.0 Å². The van der Waals surface area contributed by atoms with Crippen LogP contribution in [-0.2, 0) is 16.0 Å². The minimum Gasteiger partial charge on any atom is -0.497 e. The molecule has 1 saturated heterocycles. The van der Waals surface area contributed by atoms with E-state index in [4.69, 9.17) is 4.74 Å². The Bertz CT molecular complexity index is 930. The van der Waals surface area contributed by atoms with Gasteiger partial charge in [0, 0.05) is 31.3 Å². The van der Waals surface area contributed by atoms with Gasteiger partial charge in [-0.2, -0.15) is 0 Å². The van der Waals surface area contributed by atoms with Crippen molar-refractivity contribution in [1.29, 1.82) is 0 Å². The van der Waals surface area contributed by atoms with Gasteiger partial charge in [-0.1, -0.05) is 0 Å². The average Bonchev–Trinajstić information content (AvgIpc) is 3.08. The average molecular weight is 386 g/mol. The molecule has 2 aromatic carbocycles. The first-order chi connectivity index (χ1) is 13.5. The van der Waals surface area contributed by atoms with Crippen molar-refractivity contribution in [3.8, 4) is 5.75 Å². The highest BCUT2D eigenvalue weighted by Gasteiger charge is 2.39. The van der Waals surface area contributed by atoms with E-state index in [9.17, 15) is 18.4 Å². The first kappa shape index (κ1) is 18.4. The predicted octanol–water partition coefficient (Wildman–Crippen LogP) is 3.31. The summed E-state index contributed by atoms with van der Waals surface area (Å²) in [6.07, 6.45) is 1.22. The minimum absolute atomic E-state index is 0.0690. The smallest absolute Gasteiger partial charge is 0.232 e. The molecule has 2 aromatic rings. The number of fused-ring (bicyclic) bond motifs is 1. The molecular weight excluding hydrogens is 366 g/mol. The van der Waals surface area contributed by atoms with E-state index in [0.29, 0.717) is 36.4 Å². The summed E-state index contributed by atoms with van der Waals surface area (Å²) in [5.41, 5.74) is 1.33. The number of ether oxygens (including phenoxy) is 1. The van der Waals surface area contributed by atoms with Crippen LogP contribution in [0.4, 0.5) is 20.2 Å². The lowest BCUT2D eigenvalue weighted by Crippen LogP contribution is -2.41. The van der Waals surface area contributed by atoms with E-state index >= 15 is 0 Å². The highest BCUT2D eigenvalue weighted by molar-refractivity contribution is 6.04. The van der Waals surface area contributed by atoms with Crippen molar-refractivity contribution in [2.75, 3.05) is 30.0 Å². The number of hydrogen-bond acceptors (Lipinski definition) is 3. The maximum absolute atomic E-state index is 14.4. The number of halogens is 2. The first-order valence-corrected chi connectivity index (χ1v) is 9.21. The summed E-state index contributed by atoms with van der Waals surface area (Å²) in [5.74, 6) is -1.72. The van der Waals surface area contributed by atoms with Crippen molar-refractivity contribution in [1.82, 2.24) is 0 Å². The van der Waals surface area contributed by atoms with Crippen molar-refractivity contribution >= 4 is 23.2 Å². The lowest BCUT2D eigenvalue weighted by Gasteiger charge is -2.31. The summed E-state index contributed by atoms with van der Waals surface area (Å²) in [4.78, 5) is 28.5. The lowest BCUT2D eigenvalue weighted by atomic mass is 9.98. The summed E-state index contributed by atoms with van der Waals surface area (Å²) in [6.45, 7) is 0.597. The maximum Gasteiger partial charge on any atom is 0.232 e. The van der Waals surface area contributed by atoms with Gasteiger partial charge in [0.05, 0.1) is 18.7 Å². The predicted molar refractivity (Wildman–Crippen MR) is 100 cm³/mol. The van der Waals surface area contributed by atoms with Crippen LogP contribution in [0.15, 0.2) is 36.4 Å². The number of carbonyl (C=O) groups excluding carboxylic acids is 2. The Morgan fingerprint density at radius 2 is 1.93 bits per heavy atom. The molecule has 0 radical (unpaired) electrons. The number of anilines is 2. The molecular formula is C21H20F2N2O3. The Labute approximate surface area is 161 Å². The molecule has 1 atom stereocenters. The van der Waals surface area contributed by atoms with E-state index in [1.165, 1.54) is 11.0 Å². The summed E-state index contributed by atoms with van der Waals surface area (Å²) in [7, 11) is 1.56. The van der Waals surface area contributed by atoms with E-state index in [1.807, 2.05) is 0 Å². The van der Waals surface area contributed by atoms with Gasteiger partial charge in [-0.15, -0.1) is 0 Å². The molecule has 2 aliphatic rings. The molecule has 2 amide bonds. The molecule has 7 heteroatoms. The fourth-order valence-electron chi connectivity index (χ4n) is 3.98. The molecule has 0 bridgehead atoms. The maximum atomic E-state index is 14.4. The summed E-state index contributed by atoms with van der Waals surface area (Å²) < 4.78 is 33.0. The van der Waals surface area contributed by atoms with Gasteiger partial charge in [-0.25, -0.2) is 8.78 Å². The molecule has 2 heterocycles. The number of hydrogen-bond donors (Lipinski definition) is 0. The summed E-state index contributed by atoms with van der Waals surface area (Å²) in [6, 6.07) is 9.12. The number of nitrogens with zero attached hydrogens (tertiary/aromatic N) is 2. The minimum atomic E-state index is -0.737. The molecule has 4 rings (SSSR count). The number of benzene rings is 2. The van der Waals surface area contributed by atoms with Gasteiger partial charge >= 0.3 is 0 Å². The van der Waals surface area contributed by atoms with Gasteiger partial charge < -0.3 is 14.5 Å². The first-order valence-electron chi connectivity index (χ1n) is 9.21. The summed E-state index contributed by atoms with van der Waals surface area (Å²) in [5, 5.41) is 0. The van der Waals surface area contributed by atoms with Crippen LogP contribution >= 0.6 is 0 Å². The number of rotatable bonds is 3. The van der Waals surface area contributed by atoms with Gasteiger partial charge in [0.15, 0.2) is 0 Å². The zero-order valence-electron chi connectivity index (χ0n) is 15.5. The van der Waals surface area contributed by atoms with Crippen molar-refractivity contribution < 1.29 is 23.1 Å². The van der Waals surface area contributed by atoms with E-state index in [-0.39, 0.29) is 30.5 Å². The highest BCUT2D eigenvalue weighted by Crippen LogP contribution is 2.34. The van der Waals surface area contributed by atoms with Gasteiger partial charge in [-0.05, 0) is 48.7 Å². The molecule has 5 nitrogen and oxygen atoms in total. The zero-order valence-corrected chi connectivity index (χ0v) is 15.5. The van der Waals surface area contributed by atoms with Crippen LogP contribution in [0.2, 0.25) is 0 Å². The van der Waals surface area contributed by atoms with E-state index in [2.05, 4.69) is 0 Å². The number of methoxy groups -OCH3 is 1. The van der Waals surface area contributed by atoms with Gasteiger partial charge in [-0.3, -0.25) is 9.59 Å². The molecule has 1 fully saturated rings. The molecule has 146 valence electrons. The molecule has 0 N–H and O–H groups in total. The van der Waals surface area contributed by atoms with Crippen molar-refractivity contribution in [2.45, 2.75) is 19.3 Å². The SMILES string of the molecule is COc1ccc(N2CC(C(=O)N3CCCc4cc(F)cc(F)c43)CC2=O)cc1. The lowest BCUT2D eigenvalue weighted by molar-refractivity contribution is -0.124. The second-order valence-corrected chi connectivity index (χ2v) is 7.09. The van der Waals surface area contributed by atoms with Crippen molar-refractivity contribution in [3.63, 3.8) is 0 Å². The number of aryl methyl sites for hydroxylation is 1. The van der Waals surface area contributed by atoms with Gasteiger partial charge in [0.1, 0.15) is 17.4 Å². The third kappa shape index (κ3) is 3.21. The second kappa shape index (κ2) is 7.22. The Morgan fingerprint density at radius 3 is 2.64 bits per heavy atom. The fourth-order valence-corrected chi connectivity index (χ4v) is 3.98. The molecule has 0 aliphatic carbocycles. The third-order valence-electron chi connectivity index (χ3n) is 5.33. The molecule has 0 spiro atoms. The van der Waals surface area contributed by atoms with Crippen LogP contribution in [0.3, 0.4) is 0 Å². The van der Waals surface area contributed by atoms with E-state index in [0.717, 1.165) is 6.07 Å². The second-order valence-electron chi connectivity index (χ2n) is 7.09. The fraction of sp³-hybridized carbons (Fsp3) is 0.333. The van der Waals surface area contributed by atoms with Crippen LogP contribution < -0.4 is 14.5 Å². The van der Waals surface area contributed by atoms with Crippen molar-refractivity contribution in [2.24, 2.45) is 5.92 Å². The van der Waals surface area contributed by atoms with E-state index in [1.54, 1.807) is 36.3 Å². The Morgan fingerprint density at radius 1 is 1.18 bits per heavy atom. The topological polar surface area (TPSA) is 49.9 Å². The van der Waals surface area contributed by atoms with Crippen LogP contribution in [0, 0.1) is 17.6 Å². The quantitative estimate of drug-likeness (QED) is 0.813. The van der Waals surface area contributed by atoms with Crippen LogP contribution in [0.5, 0.6) is 5.75 Å². The van der Waals surface area contributed by atoms with Gasteiger partial charge in [0.25, 0.3) is 0 Å². The molecule has 2 aliphatic heterocycles. The Hall–Kier alpha value is -2.96. The monoisotopic (exact) mass is 386 g/mol. The van der Waals surface area contributed by atoms with Crippen LogP contribution in [0.25, 0.3) is 0 Å². The zero-order chi connectivity index (χ0) is 19.8. The Kier molecular flexibility index (Phi) is 4.75. The summed E-state index contributed by atoms with van der Waals surface area (Å²) >= 11 is 0. The Balaban J connectivity index is 1.56. The number of amides is 2. The normalized spacial score (nSPS) is 19.0. The number of carbonyl (C=O) groups is 2. The largest absolute Gasteiger partial charge is 0.497 e.